The van der Waals surface area contributed by atoms with E-state index in [0.29, 0.717) is 11.1 Å². The molecule has 1 amide bonds. The van der Waals surface area contributed by atoms with E-state index in [1.807, 2.05) is 28.8 Å². The number of hydrogen-bond donors (Lipinski definition) is 0. The van der Waals surface area contributed by atoms with Crippen LogP contribution in [-0.4, -0.2) is 38.2 Å². The summed E-state index contributed by atoms with van der Waals surface area (Å²) in [7, 11) is 1.74. The van der Waals surface area contributed by atoms with Crippen LogP contribution in [-0.2, 0) is 17.3 Å². The first-order valence-corrected chi connectivity index (χ1v) is 11.6. The third-order valence-corrected chi connectivity index (χ3v) is 7.56. The predicted molar refractivity (Wildman–Crippen MR) is 116 cm³/mol. The van der Waals surface area contributed by atoms with Gasteiger partial charge in [0.2, 0.25) is 5.91 Å². The zero-order valence-electron chi connectivity index (χ0n) is 17.5. The van der Waals surface area contributed by atoms with Crippen LogP contribution in [0.1, 0.15) is 74.7 Å². The highest BCUT2D eigenvalue weighted by Gasteiger charge is 2.46. The Morgan fingerprint density at radius 2 is 1.70 bits per heavy atom. The molecular weight excluding hydrogens is 400 g/mol. The summed E-state index contributed by atoms with van der Waals surface area (Å²) in [6.45, 7) is 1.46. The molecule has 2 aliphatic carbocycles. The number of benzene rings is 1. The molecule has 5 rings (SSSR count). The Balaban J connectivity index is 1.34. The highest BCUT2D eigenvalue weighted by molar-refractivity contribution is 6.30. The molecule has 0 bridgehead atoms. The lowest BCUT2D eigenvalue weighted by Crippen LogP contribution is -2.48. The van der Waals surface area contributed by atoms with Crippen molar-refractivity contribution in [2.75, 3.05) is 13.1 Å². The Morgan fingerprint density at radius 3 is 2.30 bits per heavy atom. The van der Waals surface area contributed by atoms with Gasteiger partial charge in [-0.1, -0.05) is 36.6 Å². The highest BCUT2D eigenvalue weighted by Crippen LogP contribution is 2.44. The smallest absolute Gasteiger partial charge is 0.342 e. The van der Waals surface area contributed by atoms with Gasteiger partial charge in [-0.25, -0.2) is 9.48 Å². The van der Waals surface area contributed by atoms with Crippen LogP contribution in [0.4, 0.5) is 0 Å². The minimum absolute atomic E-state index is 0.00125. The standard InChI is InChI=1S/C23H29ClN4O2/c1-26-22(30)28(19-8-9-19)20(25-26)16-10-14-27(15-11-16)21(29)23(12-2-3-13-23)17-4-6-18(24)7-5-17/h4-7,16,19H,2-3,8-15H2,1H3. The summed E-state index contributed by atoms with van der Waals surface area (Å²) in [6.07, 6.45) is 7.87. The molecule has 1 aliphatic heterocycles. The van der Waals surface area contributed by atoms with E-state index in [1.165, 1.54) is 4.68 Å². The van der Waals surface area contributed by atoms with Crippen LogP contribution < -0.4 is 5.69 Å². The van der Waals surface area contributed by atoms with Crippen molar-refractivity contribution in [1.82, 2.24) is 19.2 Å². The van der Waals surface area contributed by atoms with Crippen molar-refractivity contribution in [2.45, 2.75) is 68.7 Å². The van der Waals surface area contributed by atoms with Gasteiger partial charge in [0.15, 0.2) is 0 Å². The topological polar surface area (TPSA) is 60.1 Å². The lowest BCUT2D eigenvalue weighted by atomic mass is 9.77. The first kappa shape index (κ1) is 19.9. The van der Waals surface area contributed by atoms with Gasteiger partial charge in [-0.15, -0.1) is 0 Å². The third-order valence-electron chi connectivity index (χ3n) is 7.30. The zero-order chi connectivity index (χ0) is 20.9. The van der Waals surface area contributed by atoms with E-state index in [-0.39, 0.29) is 17.5 Å². The van der Waals surface area contributed by atoms with Crippen molar-refractivity contribution in [3.63, 3.8) is 0 Å². The number of carbonyl (C=O) groups excluding carboxylic acids is 1. The first-order chi connectivity index (χ1) is 14.5. The summed E-state index contributed by atoms with van der Waals surface area (Å²) in [6, 6.07) is 8.18. The van der Waals surface area contributed by atoms with Crippen LogP contribution in [0.5, 0.6) is 0 Å². The Morgan fingerprint density at radius 1 is 1.07 bits per heavy atom. The van der Waals surface area contributed by atoms with Crippen LogP contribution in [0.2, 0.25) is 5.02 Å². The van der Waals surface area contributed by atoms with Crippen molar-refractivity contribution >= 4 is 17.5 Å². The van der Waals surface area contributed by atoms with Crippen LogP contribution in [0, 0.1) is 0 Å². The monoisotopic (exact) mass is 428 g/mol. The number of nitrogens with zero attached hydrogens (tertiary/aromatic N) is 4. The van der Waals surface area contributed by atoms with Crippen molar-refractivity contribution in [1.29, 1.82) is 0 Å². The quantitative estimate of drug-likeness (QED) is 0.744. The number of aryl methyl sites for hydroxylation is 1. The number of carbonyl (C=O) groups is 1. The van der Waals surface area contributed by atoms with E-state index >= 15 is 0 Å². The number of halogens is 1. The molecular formula is C23H29ClN4O2. The maximum Gasteiger partial charge on any atom is 0.345 e. The molecule has 2 saturated carbocycles. The Kier molecular flexibility index (Phi) is 5.00. The summed E-state index contributed by atoms with van der Waals surface area (Å²) < 4.78 is 3.38. The highest BCUT2D eigenvalue weighted by atomic mass is 35.5. The second-order valence-electron chi connectivity index (χ2n) is 9.23. The van der Waals surface area contributed by atoms with Crippen molar-refractivity contribution in [2.24, 2.45) is 7.05 Å². The fourth-order valence-corrected chi connectivity index (χ4v) is 5.60. The van der Waals surface area contributed by atoms with E-state index in [0.717, 1.165) is 75.8 Å². The molecule has 0 spiro atoms. The number of piperidine rings is 1. The van der Waals surface area contributed by atoms with E-state index < -0.39 is 5.41 Å². The van der Waals surface area contributed by atoms with Crippen molar-refractivity contribution in [3.05, 3.63) is 51.2 Å². The normalized spacial score (nSPS) is 21.9. The van der Waals surface area contributed by atoms with Crippen LogP contribution in [0.25, 0.3) is 0 Å². The van der Waals surface area contributed by atoms with Crippen molar-refractivity contribution < 1.29 is 4.79 Å². The Labute approximate surface area is 181 Å². The van der Waals surface area contributed by atoms with E-state index in [1.54, 1.807) is 7.05 Å². The second kappa shape index (κ2) is 7.56. The summed E-state index contributed by atoms with van der Waals surface area (Å²) >= 11 is 6.09. The van der Waals surface area contributed by atoms with Gasteiger partial charge >= 0.3 is 5.69 Å². The fourth-order valence-electron chi connectivity index (χ4n) is 5.47. The summed E-state index contributed by atoms with van der Waals surface area (Å²) in [4.78, 5) is 28.2. The maximum atomic E-state index is 13.7. The van der Waals surface area contributed by atoms with Gasteiger partial charge < -0.3 is 4.90 Å². The largest absolute Gasteiger partial charge is 0.345 e. The molecule has 3 fully saturated rings. The molecule has 3 aliphatic rings. The lowest BCUT2D eigenvalue weighted by molar-refractivity contribution is -0.138. The summed E-state index contributed by atoms with van der Waals surface area (Å²) in [5.74, 6) is 1.44. The molecule has 1 aromatic heterocycles. The number of aromatic nitrogens is 3. The van der Waals surface area contributed by atoms with Gasteiger partial charge in [-0.05, 0) is 56.2 Å². The van der Waals surface area contributed by atoms with Gasteiger partial charge in [0.1, 0.15) is 5.82 Å². The number of amides is 1. The molecule has 1 aromatic carbocycles. The van der Waals surface area contributed by atoms with Gasteiger partial charge in [-0.2, -0.15) is 5.10 Å². The molecule has 30 heavy (non-hydrogen) atoms. The molecule has 0 N–H and O–H groups in total. The van der Waals surface area contributed by atoms with Crippen molar-refractivity contribution in [3.8, 4) is 0 Å². The molecule has 0 radical (unpaired) electrons. The molecule has 1 saturated heterocycles. The second-order valence-corrected chi connectivity index (χ2v) is 9.66. The molecule has 0 unspecified atom stereocenters. The van der Waals surface area contributed by atoms with Crippen LogP contribution in [0.15, 0.2) is 29.1 Å². The van der Waals surface area contributed by atoms with Gasteiger partial charge in [0, 0.05) is 37.1 Å². The van der Waals surface area contributed by atoms with E-state index in [4.69, 9.17) is 11.6 Å². The molecule has 0 atom stereocenters. The minimum Gasteiger partial charge on any atom is -0.342 e. The maximum absolute atomic E-state index is 13.7. The number of hydrogen-bond acceptors (Lipinski definition) is 3. The SMILES string of the molecule is Cn1nc(C2CCN(C(=O)C3(c4ccc(Cl)cc4)CCCC3)CC2)n(C2CC2)c1=O. The molecule has 6 nitrogen and oxygen atoms in total. The molecule has 2 aromatic rings. The summed E-state index contributed by atoms with van der Waals surface area (Å²) in [5, 5.41) is 5.27. The molecule has 7 heteroatoms. The third kappa shape index (κ3) is 3.29. The summed E-state index contributed by atoms with van der Waals surface area (Å²) in [5.41, 5.74) is 0.695. The Hall–Kier alpha value is -2.08. The predicted octanol–water partition coefficient (Wildman–Crippen LogP) is 3.79. The Bertz CT molecular complexity index is 991. The number of rotatable bonds is 4. The van der Waals surface area contributed by atoms with E-state index in [9.17, 15) is 9.59 Å². The molecule has 160 valence electrons. The minimum atomic E-state index is -0.404. The van der Waals surface area contributed by atoms with Gasteiger partial charge in [0.25, 0.3) is 0 Å². The van der Waals surface area contributed by atoms with E-state index in [2.05, 4.69) is 10.00 Å². The fraction of sp³-hybridized carbons (Fsp3) is 0.609. The average molecular weight is 429 g/mol. The van der Waals surface area contributed by atoms with Gasteiger partial charge in [0.05, 0.1) is 5.41 Å². The van der Waals surface area contributed by atoms with Gasteiger partial charge in [-0.3, -0.25) is 9.36 Å². The molecule has 2 heterocycles. The zero-order valence-corrected chi connectivity index (χ0v) is 18.3. The lowest BCUT2D eigenvalue weighted by Gasteiger charge is -2.38. The van der Waals surface area contributed by atoms with Crippen LogP contribution in [0.3, 0.4) is 0 Å². The van der Waals surface area contributed by atoms with Crippen LogP contribution >= 0.6 is 11.6 Å². The first-order valence-electron chi connectivity index (χ1n) is 11.2. The number of likely N-dealkylation sites (tertiary alicyclic amines) is 1. The average Bonchev–Trinajstić information content (AvgIpc) is 3.39.